The number of rotatable bonds is 16. The van der Waals surface area contributed by atoms with Gasteiger partial charge in [-0.05, 0) is 197 Å². The van der Waals surface area contributed by atoms with E-state index < -0.39 is 0 Å². The van der Waals surface area contributed by atoms with E-state index in [9.17, 15) is 47.9 Å². The monoisotopic (exact) mass is 1080 g/mol. The fourth-order valence-electron chi connectivity index (χ4n) is 9.12. The van der Waals surface area contributed by atoms with Gasteiger partial charge < -0.3 is 35.1 Å². The molecule has 0 bridgehead atoms. The number of hydrogen-bond acceptors (Lipinski definition) is 7. The van der Waals surface area contributed by atoms with Gasteiger partial charge in [0.05, 0.1) is 0 Å². The minimum Gasteiger partial charge on any atom is -0.508 e. The second kappa shape index (κ2) is 29.8. The van der Waals surface area contributed by atoms with Crippen molar-refractivity contribution < 1.29 is 52.6 Å². The van der Waals surface area contributed by atoms with Gasteiger partial charge in [0.1, 0.15) is 47.2 Å². The SMILES string of the molecule is CC(=O)CCc1ccc(O)cc1-c1cccc(F)c1.CCCc1cc(C)c(O)cc1-c1cccc(F)c1.CCCc1cc(O)c(O)cc1-c1cccc(F)c1.CCCc1ccc(O)c(OCc2ccccc2)c1-c1cccc(F)c1. The number of hydrogen-bond donors (Lipinski definition) is 5. The van der Waals surface area contributed by atoms with Gasteiger partial charge >= 0.3 is 0 Å². The fourth-order valence-corrected chi connectivity index (χ4v) is 9.12. The molecule has 0 amide bonds. The van der Waals surface area contributed by atoms with Crippen LogP contribution < -0.4 is 4.74 Å². The van der Waals surface area contributed by atoms with Crippen molar-refractivity contribution in [3.05, 3.63) is 239 Å². The Morgan fingerprint density at radius 3 is 1.39 bits per heavy atom. The number of carbonyl (C=O) groups is 1. The predicted octanol–water partition coefficient (Wildman–Crippen LogP) is 17.8. The molecule has 11 heteroatoms. The highest BCUT2D eigenvalue weighted by molar-refractivity contribution is 5.78. The molecule has 0 saturated heterocycles. The van der Waals surface area contributed by atoms with Crippen molar-refractivity contribution in [2.24, 2.45) is 0 Å². The molecule has 0 aromatic heterocycles. The van der Waals surface area contributed by atoms with Gasteiger partial charge in [-0.15, -0.1) is 0 Å². The highest BCUT2D eigenvalue weighted by Gasteiger charge is 2.18. The zero-order valence-corrected chi connectivity index (χ0v) is 45.7. The average Bonchev–Trinajstić information content (AvgIpc) is 3.44. The summed E-state index contributed by atoms with van der Waals surface area (Å²) in [7, 11) is 0. The molecule has 9 aromatic carbocycles. The number of halogens is 4. The second-order valence-electron chi connectivity index (χ2n) is 19.4. The molecule has 0 aliphatic heterocycles. The first-order valence-corrected chi connectivity index (χ1v) is 26.7. The first kappa shape index (κ1) is 60.4. The topological polar surface area (TPSA) is 127 Å². The number of phenols is 5. The zero-order chi connectivity index (χ0) is 57.7. The molecule has 0 atom stereocenters. The van der Waals surface area contributed by atoms with Crippen LogP contribution in [0.3, 0.4) is 0 Å². The average molecular weight is 1090 g/mol. The highest BCUT2D eigenvalue weighted by Crippen LogP contribution is 2.42. The van der Waals surface area contributed by atoms with Crippen molar-refractivity contribution >= 4 is 5.78 Å². The quantitative estimate of drug-likeness (QED) is 0.0482. The molecule has 414 valence electrons. The van der Waals surface area contributed by atoms with Crippen LogP contribution in [0, 0.1) is 30.2 Å². The minimum absolute atomic E-state index is 0.0649. The van der Waals surface area contributed by atoms with Gasteiger partial charge in [0, 0.05) is 12.0 Å². The molecular formula is C69H68F4O7. The van der Waals surface area contributed by atoms with Crippen molar-refractivity contribution in [1.29, 1.82) is 0 Å². The number of Topliss-reactive ketones (excluding diaryl/α,β-unsaturated/α-hetero) is 1. The third-order valence-corrected chi connectivity index (χ3v) is 13.0. The Balaban J connectivity index is 0.000000174. The molecule has 80 heavy (non-hydrogen) atoms. The molecular weight excluding hydrogens is 1020 g/mol. The number of aromatic hydroxyl groups is 5. The third kappa shape index (κ3) is 17.3. The van der Waals surface area contributed by atoms with Gasteiger partial charge in [-0.3, -0.25) is 0 Å². The number of phenolic OH excluding ortho intramolecular Hbond substituents is 5. The summed E-state index contributed by atoms with van der Waals surface area (Å²) in [4.78, 5) is 11.1. The van der Waals surface area contributed by atoms with Crippen molar-refractivity contribution in [3.63, 3.8) is 0 Å². The molecule has 0 aliphatic rings. The normalized spacial score (nSPS) is 10.6. The van der Waals surface area contributed by atoms with Crippen molar-refractivity contribution in [3.8, 4) is 79.0 Å². The molecule has 9 rings (SSSR count). The van der Waals surface area contributed by atoms with Crippen LogP contribution in [0.4, 0.5) is 17.6 Å². The molecule has 9 aromatic rings. The van der Waals surface area contributed by atoms with Crippen LogP contribution >= 0.6 is 0 Å². The van der Waals surface area contributed by atoms with Crippen LogP contribution in [0.25, 0.3) is 44.5 Å². The molecule has 0 heterocycles. The zero-order valence-electron chi connectivity index (χ0n) is 45.7. The van der Waals surface area contributed by atoms with E-state index in [1.165, 1.54) is 54.6 Å². The van der Waals surface area contributed by atoms with Crippen molar-refractivity contribution in [2.45, 2.75) is 92.6 Å². The number of benzene rings is 9. The Bertz CT molecular complexity index is 3380. The lowest BCUT2D eigenvalue weighted by Crippen LogP contribution is -2.00. The molecule has 0 aliphatic carbocycles. The summed E-state index contributed by atoms with van der Waals surface area (Å²) in [5, 5.41) is 48.9. The third-order valence-electron chi connectivity index (χ3n) is 13.0. The van der Waals surface area contributed by atoms with Gasteiger partial charge in [-0.25, -0.2) is 17.6 Å². The Kier molecular flexibility index (Phi) is 22.5. The Labute approximate surface area is 466 Å². The number of aryl methyl sites for hydroxylation is 5. The molecule has 0 saturated carbocycles. The molecule has 0 spiro atoms. The van der Waals surface area contributed by atoms with Crippen LogP contribution in [-0.2, 0) is 37.1 Å². The second-order valence-corrected chi connectivity index (χ2v) is 19.4. The Hall–Kier alpha value is -8.83. The molecule has 5 N–H and O–H groups in total. The fraction of sp³-hybridized carbons (Fsp3) is 0.203. The lowest BCUT2D eigenvalue weighted by Gasteiger charge is -2.17. The van der Waals surface area contributed by atoms with Gasteiger partial charge in [0.25, 0.3) is 0 Å². The van der Waals surface area contributed by atoms with E-state index in [0.717, 1.165) is 99.7 Å². The van der Waals surface area contributed by atoms with Crippen molar-refractivity contribution in [1.82, 2.24) is 0 Å². The van der Waals surface area contributed by atoms with E-state index in [-0.39, 0.29) is 57.8 Å². The lowest BCUT2D eigenvalue weighted by atomic mass is 9.94. The number of carbonyl (C=O) groups excluding carboxylic acids is 1. The van der Waals surface area contributed by atoms with E-state index in [4.69, 9.17) is 4.74 Å². The highest BCUT2D eigenvalue weighted by atomic mass is 19.1. The first-order valence-electron chi connectivity index (χ1n) is 26.7. The van der Waals surface area contributed by atoms with E-state index in [1.54, 1.807) is 79.7 Å². The van der Waals surface area contributed by atoms with Gasteiger partial charge in [-0.2, -0.15) is 0 Å². The number of ketones is 1. The summed E-state index contributed by atoms with van der Waals surface area (Å²) in [6.45, 7) is 9.99. The smallest absolute Gasteiger partial charge is 0.169 e. The largest absolute Gasteiger partial charge is 0.508 e. The summed E-state index contributed by atoms with van der Waals surface area (Å²) < 4.78 is 59.5. The Morgan fingerprint density at radius 2 is 0.875 bits per heavy atom. The summed E-state index contributed by atoms with van der Waals surface area (Å²) in [5.41, 5.74) is 12.0. The van der Waals surface area contributed by atoms with Gasteiger partial charge in [0.2, 0.25) is 0 Å². The summed E-state index contributed by atoms with van der Waals surface area (Å²) in [5.74, 6) is -0.561. The van der Waals surface area contributed by atoms with Gasteiger partial charge in [0.15, 0.2) is 23.0 Å². The van der Waals surface area contributed by atoms with E-state index in [2.05, 4.69) is 13.8 Å². The molecule has 0 radical (unpaired) electrons. The first-order chi connectivity index (χ1) is 38.5. The summed E-state index contributed by atoms with van der Waals surface area (Å²) >= 11 is 0. The number of ether oxygens (including phenoxy) is 1. The predicted molar refractivity (Wildman–Crippen MR) is 312 cm³/mol. The molecule has 7 nitrogen and oxygen atoms in total. The van der Waals surface area contributed by atoms with Crippen molar-refractivity contribution in [2.75, 3.05) is 0 Å². The summed E-state index contributed by atoms with van der Waals surface area (Å²) in [6.07, 6.45) is 6.42. The molecule has 0 unspecified atom stereocenters. The maximum atomic E-state index is 13.8. The van der Waals surface area contributed by atoms with Crippen LogP contribution in [0.15, 0.2) is 182 Å². The maximum Gasteiger partial charge on any atom is 0.169 e. The van der Waals surface area contributed by atoms with Crippen LogP contribution in [-0.4, -0.2) is 31.3 Å². The molecule has 0 fully saturated rings. The van der Waals surface area contributed by atoms with E-state index >= 15 is 0 Å². The standard InChI is InChI=1S/C22H21FO2.C16H15FO2.C16H17FO.C15H15FO2/c1-2-7-17-12-13-20(24)22(25-15-16-8-4-3-5-9-16)21(17)18-10-6-11-19(23)14-18;1-11(18)5-6-12-7-8-15(19)10-16(12)13-3-2-4-14(17)9-13;1-3-5-12-8-11(2)16(18)10-15(12)13-6-4-7-14(17)9-13;1-2-4-10-8-14(17)15(18)9-13(10)11-5-3-6-12(16)7-11/h3-6,8-14,24H,2,7,15H2,1H3;2-4,7-10,19H,5-6H2,1H3;4,6-10,18H,3,5H2,1-2H3;3,5-9,17-18H,2,4H2,1H3. The van der Waals surface area contributed by atoms with Gasteiger partial charge in [-0.1, -0.05) is 137 Å². The lowest BCUT2D eigenvalue weighted by molar-refractivity contribution is -0.116. The van der Waals surface area contributed by atoms with Crippen LogP contribution in [0.5, 0.6) is 34.5 Å². The Morgan fingerprint density at radius 1 is 0.425 bits per heavy atom. The maximum absolute atomic E-state index is 13.8. The van der Waals surface area contributed by atoms with Crippen LogP contribution in [0.2, 0.25) is 0 Å². The minimum atomic E-state index is -0.321. The van der Waals surface area contributed by atoms with E-state index in [0.29, 0.717) is 41.9 Å². The van der Waals surface area contributed by atoms with E-state index in [1.807, 2.05) is 68.4 Å². The van der Waals surface area contributed by atoms with Crippen LogP contribution in [0.1, 0.15) is 86.8 Å². The summed E-state index contributed by atoms with van der Waals surface area (Å²) in [6, 6.07) is 50.3.